The molecule has 1 heterocycles. The van der Waals surface area contributed by atoms with Gasteiger partial charge in [-0.05, 0) is 42.4 Å². The molecule has 0 amide bonds. The fourth-order valence-corrected chi connectivity index (χ4v) is 3.79. The van der Waals surface area contributed by atoms with Gasteiger partial charge in [-0.2, -0.15) is 4.98 Å². The van der Waals surface area contributed by atoms with Crippen LogP contribution in [0.25, 0.3) is 10.8 Å². The first-order valence-electron chi connectivity index (χ1n) is 10.6. The third kappa shape index (κ3) is 5.58. The molecule has 4 rings (SSSR count). The summed E-state index contributed by atoms with van der Waals surface area (Å²) in [5.74, 6) is 0.517. The van der Waals surface area contributed by atoms with Crippen LogP contribution in [0.5, 0.6) is 0 Å². The van der Waals surface area contributed by atoms with Gasteiger partial charge in [-0.3, -0.25) is 4.79 Å². The van der Waals surface area contributed by atoms with Gasteiger partial charge in [0.2, 0.25) is 5.95 Å². The van der Waals surface area contributed by atoms with Crippen molar-refractivity contribution < 1.29 is 0 Å². The molecule has 0 saturated heterocycles. The summed E-state index contributed by atoms with van der Waals surface area (Å²) in [7, 11) is 4.14. The summed E-state index contributed by atoms with van der Waals surface area (Å²) in [4.78, 5) is 21.8. The molecule has 2 N–H and O–H groups in total. The Kier molecular flexibility index (Phi) is 6.43. The molecule has 1 atom stereocenters. The van der Waals surface area contributed by atoms with E-state index in [1.165, 1.54) is 16.3 Å². The average Bonchev–Trinajstić information content (AvgIpc) is 2.76. The van der Waals surface area contributed by atoms with Gasteiger partial charge in [-0.25, -0.2) is 0 Å². The second-order valence-corrected chi connectivity index (χ2v) is 8.14. The number of hydrogen-bond acceptors (Lipinski definition) is 4. The third-order valence-corrected chi connectivity index (χ3v) is 5.56. The summed E-state index contributed by atoms with van der Waals surface area (Å²) < 4.78 is 0. The summed E-state index contributed by atoms with van der Waals surface area (Å²) in [6.07, 6.45) is 1.57. The van der Waals surface area contributed by atoms with E-state index in [0.29, 0.717) is 18.9 Å². The summed E-state index contributed by atoms with van der Waals surface area (Å²) >= 11 is 0. The molecule has 0 unspecified atom stereocenters. The monoisotopic (exact) mass is 412 g/mol. The number of benzene rings is 3. The highest BCUT2D eigenvalue weighted by Gasteiger charge is 2.13. The van der Waals surface area contributed by atoms with Crippen molar-refractivity contribution in [3.8, 4) is 0 Å². The van der Waals surface area contributed by atoms with Crippen LogP contribution in [0.2, 0.25) is 0 Å². The van der Waals surface area contributed by atoms with E-state index in [-0.39, 0.29) is 11.6 Å². The molecule has 0 saturated carbocycles. The molecule has 1 aromatic heterocycles. The molecular weight excluding hydrogens is 384 g/mol. The number of aromatic amines is 1. The van der Waals surface area contributed by atoms with Crippen molar-refractivity contribution in [2.75, 3.05) is 26.0 Å². The highest BCUT2D eigenvalue weighted by Crippen LogP contribution is 2.17. The van der Waals surface area contributed by atoms with Crippen molar-refractivity contribution in [2.24, 2.45) is 0 Å². The van der Waals surface area contributed by atoms with E-state index in [2.05, 4.69) is 88.9 Å². The van der Waals surface area contributed by atoms with Gasteiger partial charge in [-0.15, -0.1) is 0 Å². The SMILES string of the molecule is CN(C)[C@H](CNc1nc(=O)cc(Cc2ccc3ccccc3c2)[nH]1)Cc1ccccc1. The van der Waals surface area contributed by atoms with Gasteiger partial charge in [0.25, 0.3) is 5.56 Å². The van der Waals surface area contributed by atoms with E-state index < -0.39 is 0 Å². The molecule has 0 fully saturated rings. The molecule has 5 heteroatoms. The van der Waals surface area contributed by atoms with Crippen LogP contribution >= 0.6 is 0 Å². The first-order chi connectivity index (χ1) is 15.1. The van der Waals surface area contributed by atoms with E-state index in [9.17, 15) is 4.79 Å². The maximum atomic E-state index is 12.2. The van der Waals surface area contributed by atoms with E-state index in [1.807, 2.05) is 18.2 Å². The Hall–Kier alpha value is -3.44. The molecule has 0 aliphatic rings. The largest absolute Gasteiger partial charge is 0.354 e. The van der Waals surface area contributed by atoms with Crippen molar-refractivity contribution in [2.45, 2.75) is 18.9 Å². The van der Waals surface area contributed by atoms with Gasteiger partial charge in [0.15, 0.2) is 0 Å². The highest BCUT2D eigenvalue weighted by molar-refractivity contribution is 5.83. The Morgan fingerprint density at radius 3 is 2.42 bits per heavy atom. The average molecular weight is 413 g/mol. The number of anilines is 1. The number of H-pyrrole nitrogens is 1. The third-order valence-electron chi connectivity index (χ3n) is 5.56. The highest BCUT2D eigenvalue weighted by atomic mass is 16.1. The first kappa shape index (κ1) is 20.8. The number of fused-ring (bicyclic) bond motifs is 1. The standard InChI is InChI=1S/C26H28N4O/c1-30(2)24(16-19-8-4-3-5-9-19)18-27-26-28-23(17-25(31)29-26)15-20-12-13-21-10-6-7-11-22(21)14-20/h3-14,17,24H,15-16,18H2,1-2H3,(H2,27,28,29,31)/t24-/m0/s1. The smallest absolute Gasteiger partial charge is 0.274 e. The van der Waals surface area contributed by atoms with Crippen LogP contribution in [0.4, 0.5) is 5.95 Å². The number of aromatic nitrogens is 2. The van der Waals surface area contributed by atoms with Crippen molar-refractivity contribution in [1.82, 2.24) is 14.9 Å². The number of nitrogens with one attached hydrogen (secondary N) is 2. The van der Waals surface area contributed by atoms with Crippen molar-refractivity contribution in [3.63, 3.8) is 0 Å². The topological polar surface area (TPSA) is 61.0 Å². The normalized spacial score (nSPS) is 12.2. The number of likely N-dealkylation sites (N-methyl/N-ethyl adjacent to an activating group) is 1. The van der Waals surface area contributed by atoms with Gasteiger partial charge < -0.3 is 15.2 Å². The molecule has 31 heavy (non-hydrogen) atoms. The van der Waals surface area contributed by atoms with Crippen LogP contribution in [-0.4, -0.2) is 41.5 Å². The Labute approximate surface area is 182 Å². The molecular formula is C26H28N4O. The Balaban J connectivity index is 1.47. The zero-order chi connectivity index (χ0) is 21.6. The zero-order valence-electron chi connectivity index (χ0n) is 18.0. The van der Waals surface area contributed by atoms with E-state index in [1.54, 1.807) is 6.07 Å². The zero-order valence-corrected chi connectivity index (χ0v) is 18.0. The van der Waals surface area contributed by atoms with Gasteiger partial charge in [0.1, 0.15) is 0 Å². The summed E-state index contributed by atoms with van der Waals surface area (Å²) in [5.41, 5.74) is 3.06. The molecule has 0 aliphatic carbocycles. The summed E-state index contributed by atoms with van der Waals surface area (Å²) in [6, 6.07) is 27.0. The van der Waals surface area contributed by atoms with Gasteiger partial charge in [-0.1, -0.05) is 72.8 Å². The maximum absolute atomic E-state index is 12.2. The molecule has 5 nitrogen and oxygen atoms in total. The Morgan fingerprint density at radius 2 is 1.65 bits per heavy atom. The van der Waals surface area contributed by atoms with Gasteiger partial charge >= 0.3 is 0 Å². The predicted octanol–water partition coefficient (Wildman–Crippen LogP) is 4.10. The molecule has 3 aromatic carbocycles. The van der Waals surface area contributed by atoms with Crippen molar-refractivity contribution in [1.29, 1.82) is 0 Å². The molecule has 158 valence electrons. The second-order valence-electron chi connectivity index (χ2n) is 8.14. The van der Waals surface area contributed by atoms with Gasteiger partial charge in [0.05, 0.1) is 0 Å². The van der Waals surface area contributed by atoms with Crippen molar-refractivity contribution in [3.05, 3.63) is 106 Å². The quantitative estimate of drug-likeness (QED) is 0.457. The lowest BCUT2D eigenvalue weighted by atomic mass is 10.0. The lowest BCUT2D eigenvalue weighted by Gasteiger charge is -2.25. The molecule has 0 bridgehead atoms. The van der Waals surface area contributed by atoms with Crippen LogP contribution in [0.15, 0.2) is 83.7 Å². The van der Waals surface area contributed by atoms with Crippen LogP contribution in [0.3, 0.4) is 0 Å². The molecule has 4 aromatic rings. The number of nitrogens with zero attached hydrogens (tertiary/aromatic N) is 2. The fraction of sp³-hybridized carbons (Fsp3) is 0.231. The number of rotatable bonds is 8. The first-order valence-corrected chi connectivity index (χ1v) is 10.6. The van der Waals surface area contributed by atoms with E-state index in [4.69, 9.17) is 0 Å². The minimum Gasteiger partial charge on any atom is -0.354 e. The van der Waals surface area contributed by atoms with Gasteiger partial charge in [0, 0.05) is 30.8 Å². The lowest BCUT2D eigenvalue weighted by molar-refractivity contribution is 0.303. The summed E-state index contributed by atoms with van der Waals surface area (Å²) in [5, 5.41) is 5.75. The van der Waals surface area contributed by atoms with Crippen molar-refractivity contribution >= 4 is 16.7 Å². The van der Waals surface area contributed by atoms with Crippen LogP contribution < -0.4 is 10.9 Å². The molecule has 0 aliphatic heterocycles. The fourth-order valence-electron chi connectivity index (χ4n) is 3.79. The van der Waals surface area contributed by atoms with E-state index >= 15 is 0 Å². The van der Waals surface area contributed by atoms with Crippen LogP contribution in [0, 0.1) is 0 Å². The molecule has 0 spiro atoms. The Bertz CT molecular complexity index is 1200. The van der Waals surface area contributed by atoms with Crippen LogP contribution in [0.1, 0.15) is 16.8 Å². The lowest BCUT2D eigenvalue weighted by Crippen LogP contribution is -2.37. The minimum absolute atomic E-state index is 0.235. The van der Waals surface area contributed by atoms with E-state index in [0.717, 1.165) is 17.7 Å². The number of hydrogen-bond donors (Lipinski definition) is 2. The summed E-state index contributed by atoms with van der Waals surface area (Å²) in [6.45, 7) is 0.685. The maximum Gasteiger partial charge on any atom is 0.274 e. The Morgan fingerprint density at radius 1 is 0.903 bits per heavy atom. The van der Waals surface area contributed by atoms with Crippen LogP contribution in [-0.2, 0) is 12.8 Å². The second kappa shape index (κ2) is 9.58. The predicted molar refractivity (Wildman–Crippen MR) is 128 cm³/mol. The minimum atomic E-state index is -0.235. The molecule has 0 radical (unpaired) electrons.